The van der Waals surface area contributed by atoms with E-state index < -0.39 is 29.6 Å². The molecule has 0 saturated carbocycles. The molecule has 6 nitrogen and oxygen atoms in total. The molecule has 0 fully saturated rings. The van der Waals surface area contributed by atoms with Gasteiger partial charge in [0, 0.05) is 18.0 Å². The summed E-state index contributed by atoms with van der Waals surface area (Å²) in [5.41, 5.74) is 1.17. The predicted molar refractivity (Wildman–Crippen MR) is 121 cm³/mol. The first-order valence-electron chi connectivity index (χ1n) is 10.7. The van der Waals surface area contributed by atoms with Crippen LogP contribution in [0.2, 0.25) is 0 Å². The number of halogens is 3. The van der Waals surface area contributed by atoms with Crippen molar-refractivity contribution in [2.75, 3.05) is 13.7 Å². The molecule has 1 aliphatic rings. The van der Waals surface area contributed by atoms with Gasteiger partial charge in [0.15, 0.2) is 0 Å². The number of benzene rings is 2. The van der Waals surface area contributed by atoms with Crippen molar-refractivity contribution in [1.29, 1.82) is 0 Å². The van der Waals surface area contributed by atoms with Gasteiger partial charge in [0.25, 0.3) is 0 Å². The molecular weight excluding hydrogens is 463 g/mol. The van der Waals surface area contributed by atoms with Crippen molar-refractivity contribution in [2.24, 2.45) is 0 Å². The fourth-order valence-corrected chi connectivity index (χ4v) is 3.92. The molecule has 2 aromatic rings. The Morgan fingerprint density at radius 2 is 1.71 bits per heavy atom. The molecule has 0 bridgehead atoms. The first kappa shape index (κ1) is 25.7. The van der Waals surface area contributed by atoms with E-state index >= 15 is 0 Å². The van der Waals surface area contributed by atoms with Gasteiger partial charge in [-0.1, -0.05) is 36.9 Å². The van der Waals surface area contributed by atoms with Crippen LogP contribution in [-0.4, -0.2) is 36.5 Å². The van der Waals surface area contributed by atoms with Gasteiger partial charge in [-0.15, -0.1) is 0 Å². The molecule has 0 spiro atoms. The second kappa shape index (κ2) is 10.6. The number of hydrogen-bond acceptors (Lipinski definition) is 5. The van der Waals surface area contributed by atoms with E-state index in [0.29, 0.717) is 22.4 Å². The van der Waals surface area contributed by atoms with Crippen molar-refractivity contribution in [2.45, 2.75) is 32.0 Å². The minimum absolute atomic E-state index is 0.0573. The molecule has 2 aromatic carbocycles. The average Bonchev–Trinajstić information content (AvgIpc) is 2.84. The molecule has 9 heteroatoms. The lowest BCUT2D eigenvalue weighted by Gasteiger charge is -2.34. The second-order valence-corrected chi connectivity index (χ2v) is 7.93. The molecule has 1 amide bonds. The Balaban J connectivity index is 1.97. The summed E-state index contributed by atoms with van der Waals surface area (Å²) in [5, 5.41) is 0. The largest absolute Gasteiger partial charge is 0.465 e. The number of allylic oxidation sites excluding steroid dienone is 1. The number of carbonyl (C=O) groups excluding carboxylic acids is 3. The lowest BCUT2D eigenvalue weighted by Crippen LogP contribution is -2.38. The highest BCUT2D eigenvalue weighted by atomic mass is 19.4. The van der Waals surface area contributed by atoms with Gasteiger partial charge in [0.1, 0.15) is 6.61 Å². The molecule has 1 heterocycles. The van der Waals surface area contributed by atoms with E-state index in [2.05, 4.69) is 11.3 Å². The third-order valence-electron chi connectivity index (χ3n) is 5.73. The number of methoxy groups -OCH3 is 1. The van der Waals surface area contributed by atoms with Crippen LogP contribution in [0.3, 0.4) is 0 Å². The summed E-state index contributed by atoms with van der Waals surface area (Å²) in [6.45, 7) is 5.19. The Labute approximate surface area is 200 Å². The molecule has 3 rings (SSSR count). The van der Waals surface area contributed by atoms with Crippen LogP contribution in [0.4, 0.5) is 13.2 Å². The molecule has 184 valence electrons. The zero-order chi connectivity index (χ0) is 25.8. The Bertz CT molecular complexity index is 1150. The van der Waals surface area contributed by atoms with Gasteiger partial charge in [-0.25, -0.2) is 9.59 Å². The normalized spacial score (nSPS) is 16.2. The minimum atomic E-state index is -4.50. The van der Waals surface area contributed by atoms with E-state index in [1.165, 1.54) is 30.2 Å². The summed E-state index contributed by atoms with van der Waals surface area (Å²) in [5.74, 6) is -2.23. The summed E-state index contributed by atoms with van der Waals surface area (Å²) in [6.07, 6.45) is -3.23. The Morgan fingerprint density at radius 1 is 1.09 bits per heavy atom. The van der Waals surface area contributed by atoms with Crippen LogP contribution in [0.1, 0.15) is 46.3 Å². The van der Waals surface area contributed by atoms with Crippen LogP contribution in [0.15, 0.2) is 72.5 Å². The number of alkyl halides is 3. The zero-order valence-electron chi connectivity index (χ0n) is 19.2. The maximum atomic E-state index is 13.1. The second-order valence-electron chi connectivity index (χ2n) is 7.93. The number of esters is 2. The Morgan fingerprint density at radius 3 is 2.26 bits per heavy atom. The topological polar surface area (TPSA) is 72.9 Å². The van der Waals surface area contributed by atoms with Crippen LogP contribution >= 0.6 is 0 Å². The highest BCUT2D eigenvalue weighted by Crippen LogP contribution is 2.39. The standard InChI is InChI=1S/C26H24F3NO5/c1-4-13-35-25(33)23-16(2)30(15-17-5-7-19(8-6-17)24(32)34-3)22(31)14-21(23)18-9-11-20(12-10-18)26(27,28)29/h4-12,21H,1,13-15H2,2-3H3. The molecule has 1 atom stereocenters. The van der Waals surface area contributed by atoms with Crippen molar-refractivity contribution in [3.05, 3.63) is 94.7 Å². The smallest absolute Gasteiger partial charge is 0.416 e. The molecule has 0 radical (unpaired) electrons. The van der Waals surface area contributed by atoms with Gasteiger partial charge in [0.2, 0.25) is 5.91 Å². The fourth-order valence-electron chi connectivity index (χ4n) is 3.92. The molecule has 0 aromatic heterocycles. The van der Waals surface area contributed by atoms with E-state index in [4.69, 9.17) is 4.74 Å². The molecule has 1 unspecified atom stereocenters. The Hall–Kier alpha value is -3.88. The van der Waals surface area contributed by atoms with E-state index in [-0.39, 0.29) is 31.1 Å². The van der Waals surface area contributed by atoms with E-state index in [0.717, 1.165) is 12.1 Å². The van der Waals surface area contributed by atoms with Gasteiger partial charge in [-0.2, -0.15) is 13.2 Å². The minimum Gasteiger partial charge on any atom is -0.465 e. The summed E-state index contributed by atoms with van der Waals surface area (Å²) in [7, 11) is 1.27. The van der Waals surface area contributed by atoms with E-state index in [1.807, 2.05) is 0 Å². The van der Waals surface area contributed by atoms with Crippen LogP contribution in [0, 0.1) is 0 Å². The van der Waals surface area contributed by atoms with E-state index in [9.17, 15) is 27.6 Å². The molecular formula is C26H24F3NO5. The number of rotatable bonds is 7. The summed E-state index contributed by atoms with van der Waals surface area (Å²) in [4.78, 5) is 39.1. The Kier molecular flexibility index (Phi) is 7.78. The van der Waals surface area contributed by atoms with Crippen LogP contribution in [0.25, 0.3) is 0 Å². The average molecular weight is 487 g/mol. The number of hydrogen-bond donors (Lipinski definition) is 0. The summed E-state index contributed by atoms with van der Waals surface area (Å²) < 4.78 is 48.9. The highest BCUT2D eigenvalue weighted by molar-refractivity contribution is 5.96. The van der Waals surface area contributed by atoms with Crippen molar-refractivity contribution < 1.29 is 37.0 Å². The van der Waals surface area contributed by atoms with Crippen LogP contribution < -0.4 is 0 Å². The maximum absolute atomic E-state index is 13.1. The quantitative estimate of drug-likeness (QED) is 0.406. The molecule has 1 aliphatic heterocycles. The molecule has 0 N–H and O–H groups in total. The number of nitrogens with zero attached hydrogens (tertiary/aromatic N) is 1. The van der Waals surface area contributed by atoms with Gasteiger partial charge in [-0.05, 0) is 42.3 Å². The predicted octanol–water partition coefficient (Wildman–Crippen LogP) is 5.01. The first-order chi connectivity index (χ1) is 16.6. The third kappa shape index (κ3) is 5.79. The van der Waals surface area contributed by atoms with Crippen molar-refractivity contribution in [3.63, 3.8) is 0 Å². The molecule has 35 heavy (non-hydrogen) atoms. The molecule has 0 saturated heterocycles. The fraction of sp³-hybridized carbons (Fsp3) is 0.269. The summed E-state index contributed by atoms with van der Waals surface area (Å²) in [6, 6.07) is 10.9. The third-order valence-corrected chi connectivity index (χ3v) is 5.73. The van der Waals surface area contributed by atoms with Crippen LogP contribution in [0.5, 0.6) is 0 Å². The van der Waals surface area contributed by atoms with Gasteiger partial charge < -0.3 is 14.4 Å². The zero-order valence-corrected chi connectivity index (χ0v) is 19.2. The van der Waals surface area contributed by atoms with Gasteiger partial charge in [-0.3, -0.25) is 4.79 Å². The van der Waals surface area contributed by atoms with Crippen molar-refractivity contribution >= 4 is 17.8 Å². The monoisotopic (exact) mass is 487 g/mol. The lowest BCUT2D eigenvalue weighted by atomic mass is 9.83. The maximum Gasteiger partial charge on any atom is 0.416 e. The van der Waals surface area contributed by atoms with Crippen molar-refractivity contribution in [1.82, 2.24) is 4.90 Å². The summed E-state index contributed by atoms with van der Waals surface area (Å²) >= 11 is 0. The number of amides is 1. The van der Waals surface area contributed by atoms with E-state index in [1.54, 1.807) is 31.2 Å². The SMILES string of the molecule is C=CCOC(=O)C1=C(C)N(Cc2ccc(C(=O)OC)cc2)C(=O)CC1c1ccc(C(F)(F)F)cc1. The lowest BCUT2D eigenvalue weighted by molar-refractivity contribution is -0.140. The molecule has 0 aliphatic carbocycles. The highest BCUT2D eigenvalue weighted by Gasteiger charge is 2.37. The number of ether oxygens (including phenoxy) is 2. The van der Waals surface area contributed by atoms with Crippen molar-refractivity contribution in [3.8, 4) is 0 Å². The first-order valence-corrected chi connectivity index (χ1v) is 10.7. The van der Waals surface area contributed by atoms with Gasteiger partial charge >= 0.3 is 18.1 Å². The van der Waals surface area contributed by atoms with Crippen LogP contribution in [-0.2, 0) is 31.8 Å². The van der Waals surface area contributed by atoms with Gasteiger partial charge in [0.05, 0.1) is 30.4 Å². The number of carbonyl (C=O) groups is 3.